The normalized spacial score (nSPS) is 14.8. The van der Waals surface area contributed by atoms with E-state index in [1.165, 1.54) is 7.11 Å². The molecule has 1 aliphatic heterocycles. The second-order valence-electron chi connectivity index (χ2n) is 5.21. The first-order valence-electron chi connectivity index (χ1n) is 6.81. The summed E-state index contributed by atoms with van der Waals surface area (Å²) in [5.41, 5.74) is 2.02. The fourth-order valence-corrected chi connectivity index (χ4v) is 2.34. The largest absolute Gasteiger partial charge is 0.465 e. The van der Waals surface area contributed by atoms with Gasteiger partial charge in [0.05, 0.1) is 12.7 Å². The van der Waals surface area contributed by atoms with Gasteiger partial charge >= 0.3 is 5.97 Å². The van der Waals surface area contributed by atoms with Crippen LogP contribution in [0.3, 0.4) is 0 Å². The average molecular weight is 276 g/mol. The van der Waals surface area contributed by atoms with Gasteiger partial charge in [-0.1, -0.05) is 0 Å². The summed E-state index contributed by atoms with van der Waals surface area (Å²) < 4.78 is 4.77. The Morgan fingerprint density at radius 2 is 2.10 bits per heavy atom. The van der Waals surface area contributed by atoms with E-state index in [1.807, 2.05) is 19.9 Å². The molecule has 0 aromatic heterocycles. The maximum atomic E-state index is 11.8. The van der Waals surface area contributed by atoms with Gasteiger partial charge in [-0.05, 0) is 38.5 Å². The lowest BCUT2D eigenvalue weighted by Gasteiger charge is -2.19. The predicted molar refractivity (Wildman–Crippen MR) is 78.1 cm³/mol. The molecule has 1 aromatic rings. The number of carbonyl (C=O) groups excluding carboxylic acids is 2. The molecule has 5 nitrogen and oxygen atoms in total. The summed E-state index contributed by atoms with van der Waals surface area (Å²) in [4.78, 5) is 25.3. The molecular weight excluding hydrogens is 256 g/mol. The number of ether oxygens (including phenoxy) is 1. The highest BCUT2D eigenvalue weighted by atomic mass is 16.5. The lowest BCUT2D eigenvalue weighted by Crippen LogP contribution is -2.24. The molecule has 108 valence electrons. The summed E-state index contributed by atoms with van der Waals surface area (Å²) in [7, 11) is 1.35. The summed E-state index contributed by atoms with van der Waals surface area (Å²) in [5, 5.41) is 3.26. The number of methoxy groups -OCH3 is 1. The minimum atomic E-state index is -0.398. The zero-order valence-electron chi connectivity index (χ0n) is 12.1. The minimum Gasteiger partial charge on any atom is -0.465 e. The molecule has 0 unspecified atom stereocenters. The third kappa shape index (κ3) is 3.10. The Hall–Kier alpha value is -2.04. The molecule has 1 fully saturated rings. The molecule has 0 radical (unpaired) electrons. The van der Waals surface area contributed by atoms with Crippen LogP contribution in [-0.4, -0.2) is 31.6 Å². The number of benzene rings is 1. The van der Waals surface area contributed by atoms with E-state index in [0.717, 1.165) is 17.8 Å². The van der Waals surface area contributed by atoms with Crippen LogP contribution in [0.4, 0.5) is 11.4 Å². The number of nitrogens with zero attached hydrogens (tertiary/aromatic N) is 1. The van der Waals surface area contributed by atoms with E-state index in [4.69, 9.17) is 4.74 Å². The van der Waals surface area contributed by atoms with Crippen molar-refractivity contribution in [1.82, 2.24) is 0 Å². The average Bonchev–Trinajstić information content (AvgIpc) is 2.83. The van der Waals surface area contributed by atoms with Gasteiger partial charge in [-0.15, -0.1) is 0 Å². The number of esters is 1. The van der Waals surface area contributed by atoms with Gasteiger partial charge in [-0.3, -0.25) is 4.79 Å². The van der Waals surface area contributed by atoms with Crippen LogP contribution in [-0.2, 0) is 9.53 Å². The van der Waals surface area contributed by atoms with Gasteiger partial charge in [0.1, 0.15) is 0 Å². The molecule has 1 aromatic carbocycles. The Labute approximate surface area is 118 Å². The molecule has 20 heavy (non-hydrogen) atoms. The zero-order chi connectivity index (χ0) is 14.7. The molecule has 1 amide bonds. The van der Waals surface area contributed by atoms with Crippen LogP contribution >= 0.6 is 0 Å². The van der Waals surface area contributed by atoms with E-state index in [-0.39, 0.29) is 11.9 Å². The number of hydrogen-bond acceptors (Lipinski definition) is 4. The molecule has 5 heteroatoms. The van der Waals surface area contributed by atoms with Crippen molar-refractivity contribution in [3.05, 3.63) is 23.8 Å². The van der Waals surface area contributed by atoms with Crippen molar-refractivity contribution >= 4 is 23.3 Å². The molecule has 1 heterocycles. The molecule has 0 spiro atoms. The highest BCUT2D eigenvalue weighted by Gasteiger charge is 2.23. The quantitative estimate of drug-likeness (QED) is 0.858. The van der Waals surface area contributed by atoms with Gasteiger partial charge in [-0.25, -0.2) is 4.79 Å². The first-order valence-corrected chi connectivity index (χ1v) is 6.81. The third-order valence-corrected chi connectivity index (χ3v) is 3.18. The third-order valence-electron chi connectivity index (χ3n) is 3.18. The molecular formula is C15H20N2O3. The second kappa shape index (κ2) is 5.94. The fraction of sp³-hybridized carbons (Fsp3) is 0.467. The molecule has 0 aliphatic carbocycles. The van der Waals surface area contributed by atoms with Gasteiger partial charge in [0.25, 0.3) is 0 Å². The highest BCUT2D eigenvalue weighted by molar-refractivity contribution is 5.98. The van der Waals surface area contributed by atoms with E-state index < -0.39 is 5.97 Å². The number of nitrogens with one attached hydrogen (secondary N) is 1. The van der Waals surface area contributed by atoms with Gasteiger partial charge in [0, 0.05) is 30.4 Å². The first-order chi connectivity index (χ1) is 9.51. The molecule has 0 atom stereocenters. The van der Waals surface area contributed by atoms with Gasteiger partial charge in [0.2, 0.25) is 5.91 Å². The van der Waals surface area contributed by atoms with Crippen LogP contribution < -0.4 is 10.2 Å². The van der Waals surface area contributed by atoms with Crippen LogP contribution in [0.1, 0.15) is 37.0 Å². The molecule has 1 aliphatic rings. The molecule has 0 bridgehead atoms. The van der Waals surface area contributed by atoms with Gasteiger partial charge < -0.3 is 15.0 Å². The van der Waals surface area contributed by atoms with E-state index in [9.17, 15) is 9.59 Å². The smallest absolute Gasteiger partial charge is 0.337 e. The van der Waals surface area contributed by atoms with E-state index in [1.54, 1.807) is 17.0 Å². The van der Waals surface area contributed by atoms with Crippen molar-refractivity contribution in [3.63, 3.8) is 0 Å². The van der Waals surface area contributed by atoms with Crippen LogP contribution in [0.25, 0.3) is 0 Å². The Kier molecular flexibility index (Phi) is 4.27. The van der Waals surface area contributed by atoms with Crippen LogP contribution in [0.2, 0.25) is 0 Å². The fourth-order valence-electron chi connectivity index (χ4n) is 2.34. The van der Waals surface area contributed by atoms with E-state index >= 15 is 0 Å². The zero-order valence-corrected chi connectivity index (χ0v) is 12.1. The number of hydrogen-bond donors (Lipinski definition) is 1. The molecule has 0 saturated carbocycles. The number of carbonyl (C=O) groups is 2. The standard InChI is InChI=1S/C15H20N2O3/c1-10(2)16-12-7-11(15(19)20-3)8-13(9-12)17-6-4-5-14(17)18/h7-10,16H,4-6H2,1-3H3. The van der Waals surface area contributed by atoms with Crippen LogP contribution in [0.15, 0.2) is 18.2 Å². The Balaban J connectivity index is 2.39. The minimum absolute atomic E-state index is 0.0995. The number of rotatable bonds is 4. The molecule has 1 N–H and O–H groups in total. The lowest BCUT2D eigenvalue weighted by atomic mass is 10.1. The van der Waals surface area contributed by atoms with Crippen LogP contribution in [0.5, 0.6) is 0 Å². The highest BCUT2D eigenvalue weighted by Crippen LogP contribution is 2.27. The maximum Gasteiger partial charge on any atom is 0.337 e. The SMILES string of the molecule is COC(=O)c1cc(NC(C)C)cc(N2CCCC2=O)c1. The van der Waals surface area contributed by atoms with Gasteiger partial charge in [0.15, 0.2) is 0 Å². The van der Waals surface area contributed by atoms with Crippen molar-refractivity contribution in [2.75, 3.05) is 23.9 Å². The maximum absolute atomic E-state index is 11.8. The van der Waals surface area contributed by atoms with Crippen LogP contribution in [0, 0.1) is 0 Å². The van der Waals surface area contributed by atoms with Crippen molar-refractivity contribution in [2.45, 2.75) is 32.7 Å². The Morgan fingerprint density at radius 3 is 2.65 bits per heavy atom. The van der Waals surface area contributed by atoms with Crippen molar-refractivity contribution in [1.29, 1.82) is 0 Å². The lowest BCUT2D eigenvalue weighted by molar-refractivity contribution is -0.117. The van der Waals surface area contributed by atoms with Crippen molar-refractivity contribution in [3.8, 4) is 0 Å². The summed E-state index contributed by atoms with van der Waals surface area (Å²) in [6, 6.07) is 5.59. The monoisotopic (exact) mass is 276 g/mol. The van der Waals surface area contributed by atoms with E-state index in [0.29, 0.717) is 18.5 Å². The second-order valence-corrected chi connectivity index (χ2v) is 5.21. The number of anilines is 2. The van der Waals surface area contributed by atoms with Crippen molar-refractivity contribution in [2.24, 2.45) is 0 Å². The predicted octanol–water partition coefficient (Wildman–Crippen LogP) is 2.42. The van der Waals surface area contributed by atoms with E-state index in [2.05, 4.69) is 5.32 Å². The Bertz CT molecular complexity index is 526. The summed E-state index contributed by atoms with van der Waals surface area (Å²) in [5.74, 6) is -0.298. The molecule has 1 saturated heterocycles. The summed E-state index contributed by atoms with van der Waals surface area (Å²) >= 11 is 0. The first kappa shape index (κ1) is 14.4. The van der Waals surface area contributed by atoms with Gasteiger partial charge in [-0.2, -0.15) is 0 Å². The topological polar surface area (TPSA) is 58.6 Å². The summed E-state index contributed by atoms with van der Waals surface area (Å²) in [6.45, 7) is 4.74. The number of amides is 1. The summed E-state index contributed by atoms with van der Waals surface area (Å²) in [6.07, 6.45) is 1.42. The Morgan fingerprint density at radius 1 is 1.35 bits per heavy atom. The van der Waals surface area contributed by atoms with Crippen molar-refractivity contribution < 1.29 is 14.3 Å². The molecule has 2 rings (SSSR count).